The molecule has 0 saturated carbocycles. The molecular formula is C33H44O7. The Bertz CT molecular complexity index is 1280. The molecule has 3 rings (SSSR count). The Morgan fingerprint density at radius 3 is 2.35 bits per heavy atom. The summed E-state index contributed by atoms with van der Waals surface area (Å²) >= 11 is 0. The van der Waals surface area contributed by atoms with Gasteiger partial charge in [0.25, 0.3) is 0 Å². The van der Waals surface area contributed by atoms with E-state index in [-0.39, 0.29) is 29.3 Å². The quantitative estimate of drug-likeness (QED) is 0.272. The van der Waals surface area contributed by atoms with E-state index in [1.807, 2.05) is 12.1 Å². The van der Waals surface area contributed by atoms with E-state index in [0.717, 1.165) is 24.0 Å². The summed E-state index contributed by atoms with van der Waals surface area (Å²) in [5.41, 5.74) is 3.99. The molecule has 2 aromatic rings. The second-order valence-corrected chi connectivity index (χ2v) is 11.3. The molecule has 218 valence electrons. The van der Waals surface area contributed by atoms with E-state index in [1.54, 1.807) is 34.1 Å². The molecule has 7 heteroatoms. The SMILES string of the molecule is COc1cc2c(c(O)c1CCC(C)(C)O)C(=O)C[C@@H](c1ccc(OC)c(OC)c1C/C=C(/C)CCC=C(C)C)O2. The number of rotatable bonds is 12. The van der Waals surface area contributed by atoms with Gasteiger partial charge in [0, 0.05) is 22.8 Å². The first-order valence-electron chi connectivity index (χ1n) is 13.8. The minimum Gasteiger partial charge on any atom is -0.507 e. The molecule has 0 unspecified atom stereocenters. The average Bonchev–Trinajstić information content (AvgIpc) is 2.89. The molecular weight excluding hydrogens is 508 g/mol. The maximum Gasteiger partial charge on any atom is 0.174 e. The molecule has 0 fully saturated rings. The molecule has 1 aliphatic rings. The van der Waals surface area contributed by atoms with Crippen LogP contribution in [-0.2, 0) is 12.8 Å². The molecule has 0 aromatic heterocycles. The lowest BCUT2D eigenvalue weighted by atomic mass is 9.89. The number of phenols is 1. The maximum absolute atomic E-state index is 13.5. The Morgan fingerprint density at radius 1 is 1.05 bits per heavy atom. The zero-order valence-electron chi connectivity index (χ0n) is 25.1. The van der Waals surface area contributed by atoms with Gasteiger partial charge in [0.15, 0.2) is 17.3 Å². The highest BCUT2D eigenvalue weighted by Gasteiger charge is 2.35. The number of methoxy groups -OCH3 is 3. The zero-order chi connectivity index (χ0) is 29.6. The molecule has 40 heavy (non-hydrogen) atoms. The number of ether oxygens (including phenoxy) is 4. The van der Waals surface area contributed by atoms with Crippen LogP contribution < -0.4 is 18.9 Å². The molecule has 2 N–H and O–H groups in total. The number of Topliss-reactive ketones (excluding diaryl/α,β-unsaturated/α-hetero) is 1. The van der Waals surface area contributed by atoms with E-state index in [4.69, 9.17) is 18.9 Å². The van der Waals surface area contributed by atoms with Gasteiger partial charge < -0.3 is 29.2 Å². The Labute approximate surface area is 238 Å². The highest BCUT2D eigenvalue weighted by molar-refractivity contribution is 6.03. The fourth-order valence-electron chi connectivity index (χ4n) is 5.00. The topological polar surface area (TPSA) is 94.5 Å². The lowest BCUT2D eigenvalue weighted by molar-refractivity contribution is 0.0711. The molecule has 0 radical (unpaired) electrons. The number of aromatic hydroxyl groups is 1. The van der Waals surface area contributed by atoms with Crippen molar-refractivity contribution >= 4 is 5.78 Å². The van der Waals surface area contributed by atoms with Gasteiger partial charge in [-0.3, -0.25) is 4.79 Å². The second-order valence-electron chi connectivity index (χ2n) is 11.3. The van der Waals surface area contributed by atoms with Gasteiger partial charge >= 0.3 is 0 Å². The summed E-state index contributed by atoms with van der Waals surface area (Å²) in [4.78, 5) is 13.5. The van der Waals surface area contributed by atoms with Crippen molar-refractivity contribution in [3.8, 4) is 28.7 Å². The van der Waals surface area contributed by atoms with Gasteiger partial charge in [-0.2, -0.15) is 0 Å². The third-order valence-corrected chi connectivity index (χ3v) is 7.23. The maximum atomic E-state index is 13.5. The predicted octanol–water partition coefficient (Wildman–Crippen LogP) is 7.06. The number of benzene rings is 2. The largest absolute Gasteiger partial charge is 0.507 e. The van der Waals surface area contributed by atoms with Crippen molar-refractivity contribution in [2.75, 3.05) is 21.3 Å². The van der Waals surface area contributed by atoms with E-state index in [0.29, 0.717) is 42.1 Å². The Balaban J connectivity index is 2.01. The first-order valence-corrected chi connectivity index (χ1v) is 13.8. The first-order chi connectivity index (χ1) is 18.9. The molecule has 7 nitrogen and oxygen atoms in total. The molecule has 1 atom stereocenters. The smallest absolute Gasteiger partial charge is 0.174 e. The summed E-state index contributed by atoms with van der Waals surface area (Å²) in [6.07, 6.45) is 7.15. The number of aliphatic hydroxyl groups is 1. The fourth-order valence-corrected chi connectivity index (χ4v) is 5.00. The van der Waals surface area contributed by atoms with Crippen molar-refractivity contribution in [1.29, 1.82) is 0 Å². The van der Waals surface area contributed by atoms with E-state index >= 15 is 0 Å². The Hall–Kier alpha value is -3.45. The summed E-state index contributed by atoms with van der Waals surface area (Å²) in [7, 11) is 4.72. The van der Waals surface area contributed by atoms with Gasteiger partial charge in [0.1, 0.15) is 28.9 Å². The van der Waals surface area contributed by atoms with E-state index in [2.05, 4.69) is 32.9 Å². The van der Waals surface area contributed by atoms with Crippen LogP contribution >= 0.6 is 0 Å². The third-order valence-electron chi connectivity index (χ3n) is 7.23. The van der Waals surface area contributed by atoms with E-state index < -0.39 is 11.7 Å². The van der Waals surface area contributed by atoms with Gasteiger partial charge in [-0.15, -0.1) is 0 Å². The van der Waals surface area contributed by atoms with Crippen LogP contribution in [0, 0.1) is 0 Å². The Morgan fingerprint density at radius 2 is 1.75 bits per heavy atom. The highest BCUT2D eigenvalue weighted by atomic mass is 16.5. The normalized spacial score (nSPS) is 15.3. The molecule has 1 aliphatic heterocycles. The third kappa shape index (κ3) is 7.39. The standard InChI is InChI=1S/C33H44O7/c1-20(2)10-9-11-21(3)12-13-23-22(14-15-26(37-6)32(23)39-8)28-18-25(34)30-29(40-28)19-27(38-7)24(31(30)35)16-17-33(4,5)36/h10,12,14-15,19,28,35-36H,9,11,13,16-18H2,1-8H3/b21-12-/t28-/m0/s1. The second kappa shape index (κ2) is 13.3. The molecule has 0 saturated heterocycles. The summed E-state index contributed by atoms with van der Waals surface area (Å²) in [5.74, 6) is 1.54. The molecule has 0 bridgehead atoms. The van der Waals surface area contributed by atoms with Crippen molar-refractivity contribution in [3.63, 3.8) is 0 Å². The molecule has 1 heterocycles. The highest BCUT2D eigenvalue weighted by Crippen LogP contribution is 2.47. The van der Waals surface area contributed by atoms with Crippen LogP contribution in [0.25, 0.3) is 0 Å². The van der Waals surface area contributed by atoms with Crippen LogP contribution in [-0.4, -0.2) is 42.9 Å². The van der Waals surface area contributed by atoms with Crippen LogP contribution in [0.15, 0.2) is 41.5 Å². The first kappa shape index (κ1) is 31.1. The lowest BCUT2D eigenvalue weighted by Crippen LogP contribution is -2.23. The summed E-state index contributed by atoms with van der Waals surface area (Å²) in [5, 5.41) is 21.3. The minimum absolute atomic E-state index is 0.0591. The molecule has 0 aliphatic carbocycles. The zero-order valence-corrected chi connectivity index (χ0v) is 25.1. The fraction of sp³-hybridized carbons (Fsp3) is 0.485. The number of fused-ring (bicyclic) bond motifs is 1. The van der Waals surface area contributed by atoms with Gasteiger partial charge in [-0.05, 0) is 72.8 Å². The molecule has 0 spiro atoms. The van der Waals surface area contributed by atoms with Crippen LogP contribution in [0.1, 0.15) is 93.5 Å². The van der Waals surface area contributed by atoms with Crippen molar-refractivity contribution < 1.29 is 34.0 Å². The van der Waals surface area contributed by atoms with Crippen molar-refractivity contribution in [2.45, 2.75) is 84.8 Å². The van der Waals surface area contributed by atoms with Crippen LogP contribution in [0.4, 0.5) is 0 Å². The van der Waals surface area contributed by atoms with Gasteiger partial charge in [-0.1, -0.05) is 29.4 Å². The van der Waals surface area contributed by atoms with Gasteiger partial charge in [0.05, 0.1) is 33.4 Å². The van der Waals surface area contributed by atoms with Crippen LogP contribution in [0.3, 0.4) is 0 Å². The number of carbonyl (C=O) groups is 1. The predicted molar refractivity (Wildman–Crippen MR) is 157 cm³/mol. The van der Waals surface area contributed by atoms with E-state index in [1.165, 1.54) is 18.3 Å². The minimum atomic E-state index is -0.929. The summed E-state index contributed by atoms with van der Waals surface area (Å²) in [6.45, 7) is 9.72. The number of phenolic OH excluding ortho intramolecular Hbond substituents is 1. The van der Waals surface area contributed by atoms with Crippen LogP contribution in [0.5, 0.6) is 28.7 Å². The van der Waals surface area contributed by atoms with Crippen molar-refractivity contribution in [1.82, 2.24) is 0 Å². The molecule has 0 amide bonds. The van der Waals surface area contributed by atoms with Crippen molar-refractivity contribution in [2.24, 2.45) is 0 Å². The average molecular weight is 553 g/mol. The number of carbonyl (C=O) groups excluding carboxylic acids is 1. The van der Waals surface area contributed by atoms with Crippen molar-refractivity contribution in [3.05, 3.63) is 63.8 Å². The number of hydrogen-bond acceptors (Lipinski definition) is 7. The molecule has 2 aromatic carbocycles. The lowest BCUT2D eigenvalue weighted by Gasteiger charge is -2.30. The number of hydrogen-bond donors (Lipinski definition) is 2. The van der Waals surface area contributed by atoms with E-state index in [9.17, 15) is 15.0 Å². The van der Waals surface area contributed by atoms with Crippen LogP contribution in [0.2, 0.25) is 0 Å². The monoisotopic (exact) mass is 552 g/mol. The van der Waals surface area contributed by atoms with Gasteiger partial charge in [-0.25, -0.2) is 0 Å². The summed E-state index contributed by atoms with van der Waals surface area (Å²) in [6, 6.07) is 5.40. The number of allylic oxidation sites excluding steroid dienone is 4. The number of ketones is 1. The van der Waals surface area contributed by atoms with Gasteiger partial charge in [0.2, 0.25) is 0 Å². The Kier molecular flexibility index (Phi) is 10.3. The summed E-state index contributed by atoms with van der Waals surface area (Å²) < 4.78 is 23.3.